The molecule has 3 atom stereocenters. The van der Waals surface area contributed by atoms with Crippen LogP contribution in [0.2, 0.25) is 0 Å². The molecule has 2 N–H and O–H groups in total. The van der Waals surface area contributed by atoms with Crippen LogP contribution in [0.4, 0.5) is 4.39 Å². The van der Waals surface area contributed by atoms with Gasteiger partial charge in [0.1, 0.15) is 5.82 Å². The van der Waals surface area contributed by atoms with Gasteiger partial charge >= 0.3 is 0 Å². The summed E-state index contributed by atoms with van der Waals surface area (Å²) in [6.07, 6.45) is 0.478. The quantitative estimate of drug-likeness (QED) is 0.744. The predicted octanol–water partition coefficient (Wildman–Crippen LogP) is 4.53. The van der Waals surface area contributed by atoms with Crippen LogP contribution in [0, 0.1) is 5.82 Å². The summed E-state index contributed by atoms with van der Waals surface area (Å²) in [5.41, 5.74) is 1.96. The van der Waals surface area contributed by atoms with Crippen molar-refractivity contribution in [2.24, 2.45) is 0 Å². The molecule has 1 saturated heterocycles. The molecule has 2 aromatic rings. The largest absolute Gasteiger partial charge is 0.343 e. The summed E-state index contributed by atoms with van der Waals surface area (Å²) in [5, 5.41) is 6.72. The molecule has 0 amide bonds. The molecule has 2 unspecified atom stereocenters. The van der Waals surface area contributed by atoms with Crippen LogP contribution < -0.4 is 10.6 Å². The smallest absolute Gasteiger partial charge is 0.164 e. The van der Waals surface area contributed by atoms with E-state index in [-0.39, 0.29) is 23.6 Å². The maximum absolute atomic E-state index is 14.1. The van der Waals surface area contributed by atoms with Crippen LogP contribution in [0.5, 0.6) is 0 Å². The molecule has 0 spiro atoms. The fourth-order valence-corrected chi connectivity index (χ4v) is 3.91. The molecule has 2 aromatic carbocycles. The second-order valence-electron chi connectivity index (χ2n) is 7.99. The van der Waals surface area contributed by atoms with Crippen molar-refractivity contribution < 1.29 is 13.9 Å². The standard InChI is InChI=1S/C23H29FN2O2/c1-15(19-10-5-6-11-21(19)24)26-22-25-13-12-20(23(3,4)28-22)18-9-7-8-17(14-18)16(2)27/h5-11,14-15,20,22,25-26H,12-13H2,1-4H3/t15-,20?,22?/m0/s1. The van der Waals surface area contributed by atoms with E-state index in [9.17, 15) is 9.18 Å². The summed E-state index contributed by atoms with van der Waals surface area (Å²) in [7, 11) is 0. The third kappa shape index (κ3) is 4.66. The van der Waals surface area contributed by atoms with Crippen molar-refractivity contribution >= 4 is 5.78 Å². The Balaban J connectivity index is 1.76. The highest BCUT2D eigenvalue weighted by molar-refractivity contribution is 5.94. The Morgan fingerprint density at radius 1 is 1.25 bits per heavy atom. The maximum atomic E-state index is 14.1. The van der Waals surface area contributed by atoms with Crippen LogP contribution >= 0.6 is 0 Å². The number of carbonyl (C=O) groups excluding carboxylic acids is 1. The first-order valence-corrected chi connectivity index (χ1v) is 9.80. The summed E-state index contributed by atoms with van der Waals surface area (Å²) in [5.74, 6) is -0.0326. The highest BCUT2D eigenvalue weighted by Gasteiger charge is 2.37. The van der Waals surface area contributed by atoms with E-state index in [1.165, 1.54) is 6.07 Å². The van der Waals surface area contributed by atoms with E-state index in [1.807, 2.05) is 31.2 Å². The Hall–Kier alpha value is -2.08. The zero-order chi connectivity index (χ0) is 20.3. The molecule has 150 valence electrons. The number of rotatable bonds is 5. The van der Waals surface area contributed by atoms with E-state index in [4.69, 9.17) is 4.74 Å². The van der Waals surface area contributed by atoms with Crippen molar-refractivity contribution in [3.05, 3.63) is 71.0 Å². The second-order valence-corrected chi connectivity index (χ2v) is 7.99. The highest BCUT2D eigenvalue weighted by atomic mass is 19.1. The third-order valence-corrected chi connectivity index (χ3v) is 5.49. The molecule has 3 rings (SSSR count). The van der Waals surface area contributed by atoms with Gasteiger partial charge in [0.05, 0.1) is 5.60 Å². The van der Waals surface area contributed by atoms with Crippen LogP contribution in [0.15, 0.2) is 48.5 Å². The maximum Gasteiger partial charge on any atom is 0.164 e. The molecular formula is C23H29FN2O2. The van der Waals surface area contributed by atoms with Crippen molar-refractivity contribution in [2.75, 3.05) is 6.54 Å². The lowest BCUT2D eigenvalue weighted by molar-refractivity contribution is -0.104. The number of halogens is 1. The van der Waals surface area contributed by atoms with Gasteiger partial charge in [-0.15, -0.1) is 0 Å². The van der Waals surface area contributed by atoms with Crippen molar-refractivity contribution in [2.45, 2.75) is 58.0 Å². The molecule has 0 aromatic heterocycles. The number of nitrogens with one attached hydrogen (secondary N) is 2. The lowest BCUT2D eigenvalue weighted by Crippen LogP contribution is -2.48. The zero-order valence-electron chi connectivity index (χ0n) is 17.0. The van der Waals surface area contributed by atoms with Gasteiger partial charge in [0.2, 0.25) is 0 Å². The van der Waals surface area contributed by atoms with E-state index in [2.05, 4.69) is 30.5 Å². The Labute approximate surface area is 166 Å². The average molecular weight is 384 g/mol. The van der Waals surface area contributed by atoms with Gasteiger partial charge in [0.25, 0.3) is 0 Å². The fraction of sp³-hybridized carbons (Fsp3) is 0.435. The lowest BCUT2D eigenvalue weighted by Gasteiger charge is -2.36. The summed E-state index contributed by atoms with van der Waals surface area (Å²) < 4.78 is 20.5. The molecule has 0 bridgehead atoms. The number of carbonyl (C=O) groups is 1. The Kier molecular flexibility index (Phi) is 6.28. The number of Topliss-reactive ketones (excluding diaryl/α,β-unsaturated/α-hetero) is 1. The molecule has 1 fully saturated rings. The van der Waals surface area contributed by atoms with E-state index in [1.54, 1.807) is 19.1 Å². The SMILES string of the molecule is CC(=O)c1cccc(C2CCNC(N[C@@H](C)c3ccccc3F)OC2(C)C)c1. The zero-order valence-corrected chi connectivity index (χ0v) is 17.0. The third-order valence-electron chi connectivity index (χ3n) is 5.49. The topological polar surface area (TPSA) is 50.4 Å². The Morgan fingerprint density at radius 3 is 2.71 bits per heavy atom. The van der Waals surface area contributed by atoms with E-state index in [0.29, 0.717) is 11.1 Å². The average Bonchev–Trinajstić information content (AvgIpc) is 2.79. The van der Waals surface area contributed by atoms with Crippen LogP contribution in [-0.2, 0) is 4.74 Å². The van der Waals surface area contributed by atoms with E-state index in [0.717, 1.165) is 18.5 Å². The normalized spacial score (nSPS) is 23.0. The molecule has 4 nitrogen and oxygen atoms in total. The van der Waals surface area contributed by atoms with Crippen molar-refractivity contribution in [1.29, 1.82) is 0 Å². The van der Waals surface area contributed by atoms with Crippen LogP contribution in [0.25, 0.3) is 0 Å². The Morgan fingerprint density at radius 2 is 2.00 bits per heavy atom. The molecule has 0 aliphatic carbocycles. The van der Waals surface area contributed by atoms with Crippen LogP contribution in [-0.4, -0.2) is 24.3 Å². The molecule has 0 radical (unpaired) electrons. The molecule has 5 heteroatoms. The lowest BCUT2D eigenvalue weighted by atomic mass is 9.81. The summed E-state index contributed by atoms with van der Waals surface area (Å²) in [6.45, 7) is 8.38. The summed E-state index contributed by atoms with van der Waals surface area (Å²) >= 11 is 0. The number of benzene rings is 2. The van der Waals surface area contributed by atoms with Gasteiger partial charge in [-0.25, -0.2) is 4.39 Å². The first-order chi connectivity index (χ1) is 13.3. The molecule has 1 heterocycles. The number of hydrogen-bond acceptors (Lipinski definition) is 4. The molecule has 1 aliphatic rings. The Bertz CT molecular complexity index is 837. The van der Waals surface area contributed by atoms with Crippen molar-refractivity contribution in [1.82, 2.24) is 10.6 Å². The molecule has 0 saturated carbocycles. The minimum absolute atomic E-state index is 0.0607. The minimum Gasteiger partial charge on any atom is -0.343 e. The van der Waals surface area contributed by atoms with Gasteiger partial charge in [-0.1, -0.05) is 36.4 Å². The molecule has 1 aliphatic heterocycles. The van der Waals surface area contributed by atoms with Gasteiger partial charge < -0.3 is 4.74 Å². The van der Waals surface area contributed by atoms with Gasteiger partial charge in [-0.3, -0.25) is 15.4 Å². The molecular weight excluding hydrogens is 355 g/mol. The molecule has 28 heavy (non-hydrogen) atoms. The van der Waals surface area contributed by atoms with Gasteiger partial charge in [-0.2, -0.15) is 0 Å². The van der Waals surface area contributed by atoms with E-state index < -0.39 is 12.0 Å². The predicted molar refractivity (Wildman–Crippen MR) is 109 cm³/mol. The van der Waals surface area contributed by atoms with Crippen LogP contribution in [0.3, 0.4) is 0 Å². The number of ketones is 1. The van der Waals surface area contributed by atoms with Crippen molar-refractivity contribution in [3.8, 4) is 0 Å². The minimum atomic E-state index is -0.467. The summed E-state index contributed by atoms with van der Waals surface area (Å²) in [6, 6.07) is 14.4. The fourth-order valence-electron chi connectivity index (χ4n) is 3.91. The van der Waals surface area contributed by atoms with Crippen molar-refractivity contribution in [3.63, 3.8) is 0 Å². The highest BCUT2D eigenvalue weighted by Crippen LogP contribution is 2.36. The van der Waals surface area contributed by atoms with Gasteiger partial charge in [0, 0.05) is 23.1 Å². The summed E-state index contributed by atoms with van der Waals surface area (Å²) in [4.78, 5) is 11.8. The van der Waals surface area contributed by atoms with Crippen LogP contribution in [0.1, 0.15) is 67.6 Å². The first kappa shape index (κ1) is 20.6. The number of hydrogen-bond donors (Lipinski definition) is 2. The first-order valence-electron chi connectivity index (χ1n) is 9.80. The van der Waals surface area contributed by atoms with Gasteiger partial charge in [-0.05, 0) is 58.4 Å². The number of ether oxygens (including phenoxy) is 1. The second kappa shape index (κ2) is 8.52. The monoisotopic (exact) mass is 384 g/mol. The van der Waals surface area contributed by atoms with Gasteiger partial charge in [0.15, 0.2) is 12.1 Å². The van der Waals surface area contributed by atoms with E-state index >= 15 is 0 Å².